The van der Waals surface area contributed by atoms with Crippen LogP contribution in [0.4, 0.5) is 5.69 Å². The van der Waals surface area contributed by atoms with Gasteiger partial charge >= 0.3 is 0 Å². The summed E-state index contributed by atoms with van der Waals surface area (Å²) in [5.74, 6) is 0.0278. The maximum Gasteiger partial charge on any atom is 0.276 e. The highest BCUT2D eigenvalue weighted by molar-refractivity contribution is 5.98. The zero-order valence-corrected chi connectivity index (χ0v) is 17.2. The number of amides is 1. The number of anilines is 1. The van der Waals surface area contributed by atoms with Crippen LogP contribution >= 0.6 is 0 Å². The highest BCUT2D eigenvalue weighted by Gasteiger charge is 2.21. The largest absolute Gasteiger partial charge is 0.396 e. The van der Waals surface area contributed by atoms with Gasteiger partial charge in [-0.1, -0.05) is 43.0 Å². The number of carbonyl (C=O) groups is 1. The van der Waals surface area contributed by atoms with E-state index in [4.69, 9.17) is 11.5 Å². The second-order valence-electron chi connectivity index (χ2n) is 7.17. The first kappa shape index (κ1) is 21.3. The number of allylic oxidation sites excluding steroid dienone is 3. The summed E-state index contributed by atoms with van der Waals surface area (Å²) < 4.78 is 0. The van der Waals surface area contributed by atoms with E-state index in [0.29, 0.717) is 11.5 Å². The molecule has 0 spiro atoms. The molecule has 7 nitrogen and oxygen atoms in total. The fourth-order valence-electron chi connectivity index (χ4n) is 3.45. The number of hydrogen-bond acceptors (Lipinski definition) is 6. The molecule has 5 N–H and O–H groups in total. The molecule has 1 atom stereocenters. The summed E-state index contributed by atoms with van der Waals surface area (Å²) in [7, 11) is 0. The van der Waals surface area contributed by atoms with Crippen LogP contribution in [0, 0.1) is 0 Å². The van der Waals surface area contributed by atoms with Crippen LogP contribution in [0.25, 0.3) is 11.4 Å². The van der Waals surface area contributed by atoms with Crippen molar-refractivity contribution in [3.05, 3.63) is 78.4 Å². The van der Waals surface area contributed by atoms with E-state index in [0.717, 1.165) is 37.2 Å². The predicted molar refractivity (Wildman–Crippen MR) is 120 cm³/mol. The van der Waals surface area contributed by atoms with Crippen LogP contribution < -0.4 is 16.8 Å². The molecule has 1 aromatic carbocycles. The number of aromatic nitrogens is 2. The molecule has 2 aromatic rings. The van der Waals surface area contributed by atoms with Gasteiger partial charge in [0.25, 0.3) is 5.91 Å². The molecular weight excluding hydrogens is 376 g/mol. The van der Waals surface area contributed by atoms with Crippen LogP contribution in [-0.2, 0) is 0 Å². The molecule has 0 saturated carbocycles. The molecule has 0 radical (unpaired) electrons. The summed E-state index contributed by atoms with van der Waals surface area (Å²) in [6.07, 6.45) is 8.96. The van der Waals surface area contributed by atoms with Crippen molar-refractivity contribution in [2.24, 2.45) is 5.73 Å². The number of nitrogens with zero attached hydrogens (tertiary/aromatic N) is 3. The molecule has 1 aliphatic rings. The topological polar surface area (TPSA) is 110 Å². The standard InChI is InChI=1S/C23H28N6O/c1-3-9-20(29-13-8-12-17(24)15-29)19(4-2)27-23(30)21-18(25)14-26-22(28-21)16-10-6-5-7-11-16/h3-7,9-11,14,17H,2,8,12-13,15,24-25H2,1H3,(H,27,30)/b9-3-,20-19-/t17-/m0/s1. The van der Waals surface area contributed by atoms with Crippen LogP contribution in [0.2, 0.25) is 0 Å². The van der Waals surface area contributed by atoms with Gasteiger partial charge in [0.05, 0.1) is 23.3 Å². The molecule has 1 saturated heterocycles. The lowest BCUT2D eigenvalue weighted by atomic mass is 10.1. The van der Waals surface area contributed by atoms with Crippen molar-refractivity contribution < 1.29 is 4.79 Å². The van der Waals surface area contributed by atoms with Crippen LogP contribution in [0.3, 0.4) is 0 Å². The van der Waals surface area contributed by atoms with Gasteiger partial charge in [0.15, 0.2) is 11.5 Å². The average molecular weight is 405 g/mol. The van der Waals surface area contributed by atoms with E-state index >= 15 is 0 Å². The first-order valence-electron chi connectivity index (χ1n) is 10.0. The van der Waals surface area contributed by atoms with Gasteiger partial charge in [0.1, 0.15) is 0 Å². The highest BCUT2D eigenvalue weighted by atomic mass is 16.1. The third-order valence-corrected chi connectivity index (χ3v) is 4.92. The number of nitrogens with one attached hydrogen (secondary N) is 1. The van der Waals surface area contributed by atoms with Gasteiger partial charge in [-0.2, -0.15) is 0 Å². The first-order chi connectivity index (χ1) is 14.5. The Morgan fingerprint density at radius 1 is 1.33 bits per heavy atom. The number of hydrogen-bond donors (Lipinski definition) is 3. The second kappa shape index (κ2) is 9.84. The van der Waals surface area contributed by atoms with Crippen molar-refractivity contribution in [2.75, 3.05) is 18.8 Å². The number of piperidine rings is 1. The summed E-state index contributed by atoms with van der Waals surface area (Å²) in [5, 5.41) is 2.92. The van der Waals surface area contributed by atoms with Crippen LogP contribution in [0.5, 0.6) is 0 Å². The van der Waals surface area contributed by atoms with E-state index in [9.17, 15) is 4.79 Å². The molecule has 1 fully saturated rings. The van der Waals surface area contributed by atoms with Gasteiger partial charge in [-0.25, -0.2) is 9.97 Å². The summed E-state index contributed by atoms with van der Waals surface area (Å²) in [6.45, 7) is 7.41. The molecule has 1 aliphatic heterocycles. The van der Waals surface area contributed by atoms with E-state index < -0.39 is 5.91 Å². The molecule has 30 heavy (non-hydrogen) atoms. The summed E-state index contributed by atoms with van der Waals surface area (Å²) in [6, 6.07) is 9.55. The van der Waals surface area contributed by atoms with Crippen molar-refractivity contribution in [1.82, 2.24) is 20.2 Å². The van der Waals surface area contributed by atoms with Crippen molar-refractivity contribution in [3.8, 4) is 11.4 Å². The third kappa shape index (κ3) is 4.93. The molecule has 0 unspecified atom stereocenters. The zero-order valence-electron chi connectivity index (χ0n) is 17.2. The fourth-order valence-corrected chi connectivity index (χ4v) is 3.45. The normalized spacial score (nSPS) is 17.5. The Bertz CT molecular complexity index is 967. The molecule has 0 aliphatic carbocycles. The molecule has 156 valence electrons. The lowest BCUT2D eigenvalue weighted by Gasteiger charge is -2.34. The quantitative estimate of drug-likeness (QED) is 0.639. The Labute approximate surface area is 177 Å². The van der Waals surface area contributed by atoms with Crippen LogP contribution in [0.1, 0.15) is 30.3 Å². The monoisotopic (exact) mass is 404 g/mol. The van der Waals surface area contributed by atoms with Gasteiger partial charge in [-0.05, 0) is 31.9 Å². The van der Waals surface area contributed by atoms with Crippen molar-refractivity contribution in [3.63, 3.8) is 0 Å². The number of nitrogen functional groups attached to an aromatic ring is 1. The minimum Gasteiger partial charge on any atom is -0.396 e. The number of nitrogens with two attached hydrogens (primary N) is 2. The van der Waals surface area contributed by atoms with Gasteiger partial charge in [-0.15, -0.1) is 0 Å². The van der Waals surface area contributed by atoms with E-state index in [-0.39, 0.29) is 17.4 Å². The molecule has 0 bridgehead atoms. The Morgan fingerprint density at radius 2 is 2.10 bits per heavy atom. The molecular formula is C23H28N6O. The summed E-state index contributed by atoms with van der Waals surface area (Å²) in [5.41, 5.74) is 14.8. The number of benzene rings is 1. The van der Waals surface area contributed by atoms with E-state index in [1.165, 1.54) is 6.20 Å². The van der Waals surface area contributed by atoms with E-state index in [1.54, 1.807) is 6.08 Å². The fraction of sp³-hybridized carbons (Fsp3) is 0.261. The molecule has 2 heterocycles. The molecule has 3 rings (SSSR count). The van der Waals surface area contributed by atoms with Gasteiger partial charge < -0.3 is 21.7 Å². The number of carbonyl (C=O) groups excluding carboxylic acids is 1. The smallest absolute Gasteiger partial charge is 0.276 e. The van der Waals surface area contributed by atoms with Gasteiger partial charge in [-0.3, -0.25) is 4.79 Å². The Kier molecular flexibility index (Phi) is 6.98. The Balaban J connectivity index is 1.92. The number of rotatable bonds is 6. The lowest BCUT2D eigenvalue weighted by molar-refractivity contribution is 0.0961. The summed E-state index contributed by atoms with van der Waals surface area (Å²) in [4.78, 5) is 23.9. The second-order valence-corrected chi connectivity index (χ2v) is 7.17. The Morgan fingerprint density at radius 3 is 2.77 bits per heavy atom. The van der Waals surface area contributed by atoms with E-state index in [2.05, 4.69) is 26.8 Å². The average Bonchev–Trinajstić information content (AvgIpc) is 2.77. The summed E-state index contributed by atoms with van der Waals surface area (Å²) >= 11 is 0. The SMILES string of the molecule is C=C/C(NC(=O)c1nc(-c2ccccc2)ncc1N)=C(\C=C/C)N1CCC[C@H](N)C1. The number of likely N-dealkylation sites (tertiary alicyclic amines) is 1. The lowest BCUT2D eigenvalue weighted by Crippen LogP contribution is -2.43. The third-order valence-electron chi connectivity index (χ3n) is 4.92. The Hall–Kier alpha value is -3.45. The van der Waals surface area contributed by atoms with Crippen molar-refractivity contribution in [1.29, 1.82) is 0 Å². The first-order valence-corrected chi connectivity index (χ1v) is 10.0. The maximum absolute atomic E-state index is 13.0. The highest BCUT2D eigenvalue weighted by Crippen LogP contribution is 2.20. The minimum absolute atomic E-state index is 0.103. The molecule has 1 aromatic heterocycles. The van der Waals surface area contributed by atoms with Crippen molar-refractivity contribution >= 4 is 11.6 Å². The minimum atomic E-state index is -0.412. The van der Waals surface area contributed by atoms with Crippen LogP contribution in [-0.4, -0.2) is 39.9 Å². The maximum atomic E-state index is 13.0. The zero-order chi connectivity index (χ0) is 21.5. The van der Waals surface area contributed by atoms with E-state index in [1.807, 2.05) is 49.4 Å². The van der Waals surface area contributed by atoms with Gasteiger partial charge in [0.2, 0.25) is 0 Å². The van der Waals surface area contributed by atoms with Gasteiger partial charge in [0, 0.05) is 24.7 Å². The predicted octanol–water partition coefficient (Wildman–Crippen LogP) is 2.85. The van der Waals surface area contributed by atoms with Crippen molar-refractivity contribution in [2.45, 2.75) is 25.8 Å². The molecule has 7 heteroatoms. The van der Waals surface area contributed by atoms with Crippen LogP contribution in [0.15, 0.2) is 72.7 Å². The molecule has 1 amide bonds.